The number of hydrogen-bond acceptors (Lipinski definition) is 1. The zero-order valence-electron chi connectivity index (χ0n) is 4.34. The largest absolute Gasteiger partial charge is 0.271 e. The summed E-state index contributed by atoms with van der Waals surface area (Å²) in [5.41, 5.74) is 0. The zero-order chi connectivity index (χ0) is 6.85. The molecule has 2 nitrogen and oxygen atoms in total. The van der Waals surface area contributed by atoms with Crippen LogP contribution in [0.15, 0.2) is 16.9 Å². The summed E-state index contributed by atoms with van der Waals surface area (Å²) in [7, 11) is 0. The molecule has 48 valence electrons. The van der Waals surface area contributed by atoms with Crippen LogP contribution in [0.5, 0.6) is 0 Å². The highest BCUT2D eigenvalue weighted by Crippen LogP contribution is 2.12. The van der Waals surface area contributed by atoms with Crippen LogP contribution in [0.4, 0.5) is 4.39 Å². The van der Waals surface area contributed by atoms with Crippen molar-refractivity contribution in [3.05, 3.63) is 11.9 Å². The lowest BCUT2D eigenvalue weighted by atomic mass is 10.3. The number of aliphatic imine (C=N–C) groups is 1. The maximum Gasteiger partial charge on any atom is 0.262 e. The van der Waals surface area contributed by atoms with Crippen LogP contribution < -0.4 is 0 Å². The van der Waals surface area contributed by atoms with Gasteiger partial charge in [0.05, 0.1) is 6.21 Å². The Labute approximate surface area is 65.0 Å². The van der Waals surface area contributed by atoms with Crippen LogP contribution in [0.2, 0.25) is 0 Å². The molecule has 0 aromatic heterocycles. The molecule has 1 heterocycles. The number of dihydropyridines is 1. The highest BCUT2D eigenvalue weighted by molar-refractivity contribution is 14.1. The molecule has 0 spiro atoms. The van der Waals surface area contributed by atoms with Gasteiger partial charge in [-0.25, -0.2) is 9.38 Å². The molecule has 0 bridgehead atoms. The number of halogens is 2. The number of carbonyl (C=O) groups is 1. The van der Waals surface area contributed by atoms with Gasteiger partial charge in [0, 0.05) is 0 Å². The van der Waals surface area contributed by atoms with Gasteiger partial charge in [0.2, 0.25) is 0 Å². The molecule has 0 saturated heterocycles. The fraction of sp³-hybridized carbons (Fsp3) is 0.200. The van der Waals surface area contributed by atoms with Gasteiger partial charge in [-0.3, -0.25) is 4.79 Å². The van der Waals surface area contributed by atoms with Gasteiger partial charge in [0.1, 0.15) is 9.75 Å². The number of alkyl halides is 1. The van der Waals surface area contributed by atoms with Crippen LogP contribution in [0.1, 0.15) is 0 Å². The Balaban J connectivity index is 2.82. The number of nitrogens with zero attached hydrogens (tertiary/aromatic N) is 1. The van der Waals surface area contributed by atoms with E-state index in [4.69, 9.17) is 0 Å². The van der Waals surface area contributed by atoms with Gasteiger partial charge < -0.3 is 0 Å². The van der Waals surface area contributed by atoms with Crippen LogP contribution in [-0.2, 0) is 4.79 Å². The van der Waals surface area contributed by atoms with E-state index in [0.717, 1.165) is 6.21 Å². The van der Waals surface area contributed by atoms with E-state index in [9.17, 15) is 9.18 Å². The molecule has 4 heteroatoms. The maximum absolute atomic E-state index is 12.2. The molecule has 0 radical (unpaired) electrons. The zero-order valence-corrected chi connectivity index (χ0v) is 6.50. The lowest BCUT2D eigenvalue weighted by Gasteiger charge is -2.01. The molecule has 1 rings (SSSR count). The summed E-state index contributed by atoms with van der Waals surface area (Å²) in [5, 5.41) is 0. The van der Waals surface area contributed by atoms with Crippen LogP contribution in [0.25, 0.3) is 0 Å². The Kier molecular flexibility index (Phi) is 1.94. The third-order valence-corrected chi connectivity index (χ3v) is 1.75. The maximum atomic E-state index is 12.2. The second kappa shape index (κ2) is 2.55. The van der Waals surface area contributed by atoms with Crippen molar-refractivity contribution in [3.63, 3.8) is 0 Å². The predicted octanol–water partition coefficient (Wildman–Crippen LogP) is 1.25. The minimum absolute atomic E-state index is 0.294. The molecule has 0 N–H and O–H groups in total. The van der Waals surface area contributed by atoms with Crippen LogP contribution in [-0.4, -0.2) is 16.0 Å². The molecule has 1 atom stereocenters. The van der Waals surface area contributed by atoms with Gasteiger partial charge >= 0.3 is 0 Å². The van der Waals surface area contributed by atoms with Gasteiger partial charge in [-0.05, 0) is 6.08 Å². The van der Waals surface area contributed by atoms with Gasteiger partial charge in [-0.2, -0.15) is 0 Å². The van der Waals surface area contributed by atoms with Crippen molar-refractivity contribution in [2.45, 2.75) is 3.92 Å². The summed E-state index contributed by atoms with van der Waals surface area (Å²) in [4.78, 5) is 13.8. The third kappa shape index (κ3) is 1.57. The van der Waals surface area contributed by atoms with E-state index in [1.807, 2.05) is 22.6 Å². The highest BCUT2D eigenvalue weighted by Gasteiger charge is 2.14. The Morgan fingerprint density at radius 3 is 2.89 bits per heavy atom. The fourth-order valence-corrected chi connectivity index (χ4v) is 0.955. The lowest BCUT2D eigenvalue weighted by Crippen LogP contribution is -2.12. The molecule has 1 aliphatic rings. The molecule has 0 aromatic rings. The van der Waals surface area contributed by atoms with E-state index in [1.54, 1.807) is 0 Å². The van der Waals surface area contributed by atoms with E-state index in [-0.39, 0.29) is 5.91 Å². The smallest absolute Gasteiger partial charge is 0.262 e. The summed E-state index contributed by atoms with van der Waals surface area (Å²) in [6, 6.07) is 0. The minimum atomic E-state index is -0.436. The molecule has 0 aliphatic carbocycles. The van der Waals surface area contributed by atoms with Crippen molar-refractivity contribution in [1.82, 2.24) is 0 Å². The van der Waals surface area contributed by atoms with Gasteiger partial charge in [-0.15, -0.1) is 0 Å². The summed E-state index contributed by atoms with van der Waals surface area (Å²) in [6.07, 6.45) is 2.16. The summed E-state index contributed by atoms with van der Waals surface area (Å²) in [5.74, 6) is -0.731. The van der Waals surface area contributed by atoms with Crippen LogP contribution >= 0.6 is 22.6 Å². The Bertz CT molecular complexity index is 199. The van der Waals surface area contributed by atoms with Crippen LogP contribution in [0.3, 0.4) is 0 Å². The van der Waals surface area contributed by atoms with E-state index in [2.05, 4.69) is 4.99 Å². The molecule has 9 heavy (non-hydrogen) atoms. The molecular weight excluding hydrogens is 236 g/mol. The number of amides is 1. The summed E-state index contributed by atoms with van der Waals surface area (Å²) in [6.45, 7) is 0. The molecule has 1 aliphatic heterocycles. The van der Waals surface area contributed by atoms with E-state index < -0.39 is 9.75 Å². The number of allylic oxidation sites excluding steroid dienone is 1. The van der Waals surface area contributed by atoms with Gasteiger partial charge in [0.15, 0.2) is 0 Å². The first kappa shape index (κ1) is 6.85. The van der Waals surface area contributed by atoms with E-state index in [1.165, 1.54) is 6.08 Å². The molecule has 0 saturated carbocycles. The topological polar surface area (TPSA) is 29.4 Å². The SMILES string of the molecule is O=C1N=CC(F)=CC1I. The van der Waals surface area contributed by atoms with Gasteiger partial charge in [0.25, 0.3) is 5.91 Å². The average molecular weight is 239 g/mol. The second-order valence-corrected chi connectivity index (χ2v) is 2.89. The number of rotatable bonds is 0. The molecule has 0 fully saturated rings. The number of hydrogen-bond donors (Lipinski definition) is 0. The average Bonchev–Trinajstić information content (AvgIpc) is 1.80. The second-order valence-electron chi connectivity index (χ2n) is 1.55. The summed E-state index contributed by atoms with van der Waals surface area (Å²) >= 11 is 1.82. The van der Waals surface area contributed by atoms with E-state index >= 15 is 0 Å². The van der Waals surface area contributed by atoms with Crippen molar-refractivity contribution >= 4 is 34.7 Å². The molecule has 1 amide bonds. The monoisotopic (exact) mass is 239 g/mol. The van der Waals surface area contributed by atoms with Crippen LogP contribution in [0, 0.1) is 0 Å². The van der Waals surface area contributed by atoms with Crippen molar-refractivity contribution in [1.29, 1.82) is 0 Å². The first-order valence-corrected chi connectivity index (χ1v) is 3.54. The lowest BCUT2D eigenvalue weighted by molar-refractivity contribution is -0.116. The minimum Gasteiger partial charge on any atom is -0.271 e. The van der Waals surface area contributed by atoms with Gasteiger partial charge in [-0.1, -0.05) is 22.6 Å². The molecule has 0 aromatic carbocycles. The van der Waals surface area contributed by atoms with Crippen molar-refractivity contribution < 1.29 is 9.18 Å². The van der Waals surface area contributed by atoms with E-state index in [0.29, 0.717) is 0 Å². The quantitative estimate of drug-likeness (QED) is 0.462. The Hall–Kier alpha value is -0.260. The Morgan fingerprint density at radius 2 is 2.44 bits per heavy atom. The van der Waals surface area contributed by atoms with Crippen molar-refractivity contribution in [3.8, 4) is 0 Å². The fourth-order valence-electron chi connectivity index (χ4n) is 0.451. The number of carbonyl (C=O) groups excluding carboxylic acids is 1. The molecule has 1 unspecified atom stereocenters. The van der Waals surface area contributed by atoms with Crippen molar-refractivity contribution in [2.24, 2.45) is 4.99 Å². The Morgan fingerprint density at radius 1 is 1.78 bits per heavy atom. The first-order valence-electron chi connectivity index (χ1n) is 2.29. The third-order valence-electron chi connectivity index (χ3n) is 0.857. The standard InChI is InChI=1S/C5H3FINO/c6-3-1-4(7)5(9)8-2-3/h1-2,4H. The normalized spacial score (nSPS) is 26.2. The first-order chi connectivity index (χ1) is 4.20. The highest BCUT2D eigenvalue weighted by atomic mass is 127. The summed E-state index contributed by atoms with van der Waals surface area (Å²) < 4.78 is 11.7. The predicted molar refractivity (Wildman–Crippen MR) is 40.5 cm³/mol. The van der Waals surface area contributed by atoms with Crippen molar-refractivity contribution in [2.75, 3.05) is 0 Å². The molecular formula is C5H3FINO.